The highest BCUT2D eigenvalue weighted by atomic mass is 32.2. The Balaban J connectivity index is 1.62. The lowest BCUT2D eigenvalue weighted by Gasteiger charge is -2.30. The van der Waals surface area contributed by atoms with E-state index in [0.717, 1.165) is 22.0 Å². The lowest BCUT2D eigenvalue weighted by molar-refractivity contribution is 0.0693. The van der Waals surface area contributed by atoms with Gasteiger partial charge >= 0.3 is 0 Å². The fourth-order valence-corrected chi connectivity index (χ4v) is 6.26. The zero-order chi connectivity index (χ0) is 26.5. The molecule has 36 heavy (non-hydrogen) atoms. The topological polar surface area (TPSA) is 113 Å². The van der Waals surface area contributed by atoms with Crippen molar-refractivity contribution >= 4 is 37.7 Å². The van der Waals surface area contributed by atoms with Crippen molar-refractivity contribution in [3.63, 3.8) is 0 Å². The summed E-state index contributed by atoms with van der Waals surface area (Å²) in [5.41, 5.74) is 0.393. The van der Waals surface area contributed by atoms with E-state index in [0.29, 0.717) is 30.3 Å². The molecule has 12 heteroatoms. The Hall–Kier alpha value is -2.12. The second-order valence-electron chi connectivity index (χ2n) is 8.84. The van der Waals surface area contributed by atoms with E-state index in [2.05, 4.69) is 11.6 Å². The van der Waals surface area contributed by atoms with Crippen LogP contribution < -0.4 is 9.46 Å². The number of hydrogen-bond donors (Lipinski definition) is 1. The zero-order valence-corrected chi connectivity index (χ0v) is 23.4. The van der Waals surface area contributed by atoms with Crippen LogP contribution in [0.5, 0.6) is 5.75 Å². The molecule has 1 aliphatic rings. The van der Waals surface area contributed by atoms with Gasteiger partial charge in [0.2, 0.25) is 20.0 Å². The summed E-state index contributed by atoms with van der Waals surface area (Å²) in [6, 6.07) is 10.5. The Labute approximate surface area is 218 Å². The molecule has 2 aromatic rings. The quantitative estimate of drug-likeness (QED) is 0.354. The molecule has 198 valence electrons. The molecular formula is C24H33N3O6S3. The molecule has 1 saturated heterocycles. The highest BCUT2D eigenvalue weighted by molar-refractivity contribution is 7.98. The number of amides is 1. The van der Waals surface area contributed by atoms with Crippen LogP contribution in [-0.4, -0.2) is 78.5 Å². The predicted molar refractivity (Wildman–Crippen MR) is 141 cm³/mol. The smallest absolute Gasteiger partial charge is 0.255 e. The monoisotopic (exact) mass is 555 g/mol. The first-order valence-electron chi connectivity index (χ1n) is 11.6. The molecule has 1 N–H and O–H groups in total. The van der Waals surface area contributed by atoms with E-state index < -0.39 is 20.0 Å². The average Bonchev–Trinajstić information content (AvgIpc) is 2.86. The van der Waals surface area contributed by atoms with Gasteiger partial charge in [0.25, 0.3) is 5.91 Å². The largest absolute Gasteiger partial charge is 0.492 e. The second kappa shape index (κ2) is 12.0. The molecule has 3 rings (SSSR count). The first kappa shape index (κ1) is 28.5. The van der Waals surface area contributed by atoms with Crippen molar-refractivity contribution in [3.05, 3.63) is 48.0 Å². The van der Waals surface area contributed by atoms with Gasteiger partial charge in [0.1, 0.15) is 12.4 Å². The molecule has 0 aromatic heterocycles. The van der Waals surface area contributed by atoms with Crippen LogP contribution in [0.3, 0.4) is 0 Å². The van der Waals surface area contributed by atoms with Crippen molar-refractivity contribution in [2.75, 3.05) is 46.6 Å². The molecular weight excluding hydrogens is 522 g/mol. The lowest BCUT2D eigenvalue weighted by Crippen LogP contribution is -2.38. The van der Waals surface area contributed by atoms with Crippen LogP contribution in [-0.2, 0) is 20.0 Å². The van der Waals surface area contributed by atoms with Gasteiger partial charge in [0, 0.05) is 38.6 Å². The summed E-state index contributed by atoms with van der Waals surface area (Å²) in [4.78, 5) is 15.8. The Kier molecular flexibility index (Phi) is 9.44. The Morgan fingerprint density at radius 2 is 1.67 bits per heavy atom. The maximum Gasteiger partial charge on any atom is 0.255 e. The average molecular weight is 556 g/mol. The van der Waals surface area contributed by atoms with Crippen LogP contribution in [0.2, 0.25) is 0 Å². The minimum Gasteiger partial charge on any atom is -0.492 e. The number of rotatable bonds is 10. The number of ether oxygens (including phenoxy) is 1. The number of likely N-dealkylation sites (tertiary alicyclic amines) is 1. The van der Waals surface area contributed by atoms with Crippen molar-refractivity contribution in [2.45, 2.75) is 34.5 Å². The minimum absolute atomic E-state index is 0.00233. The van der Waals surface area contributed by atoms with Crippen molar-refractivity contribution in [2.24, 2.45) is 5.92 Å². The number of benzene rings is 2. The van der Waals surface area contributed by atoms with E-state index in [4.69, 9.17) is 4.74 Å². The number of thioether (sulfide) groups is 1. The van der Waals surface area contributed by atoms with Gasteiger partial charge < -0.3 is 9.64 Å². The van der Waals surface area contributed by atoms with Gasteiger partial charge in [-0.05, 0) is 67.5 Å². The first-order valence-corrected chi connectivity index (χ1v) is 15.7. The molecule has 1 heterocycles. The summed E-state index contributed by atoms with van der Waals surface area (Å²) >= 11 is 1.41. The summed E-state index contributed by atoms with van der Waals surface area (Å²) in [5, 5.41) is 0. The number of sulfonamides is 2. The van der Waals surface area contributed by atoms with Crippen LogP contribution in [0.25, 0.3) is 0 Å². The van der Waals surface area contributed by atoms with E-state index in [9.17, 15) is 21.6 Å². The van der Waals surface area contributed by atoms with Gasteiger partial charge in [-0.1, -0.05) is 6.92 Å². The van der Waals surface area contributed by atoms with E-state index in [1.807, 2.05) is 6.26 Å². The fourth-order valence-electron chi connectivity index (χ4n) is 3.75. The van der Waals surface area contributed by atoms with E-state index >= 15 is 0 Å². The van der Waals surface area contributed by atoms with Crippen molar-refractivity contribution in [1.82, 2.24) is 13.9 Å². The lowest BCUT2D eigenvalue weighted by atomic mass is 9.98. The summed E-state index contributed by atoms with van der Waals surface area (Å²) in [6.07, 6.45) is 3.73. The summed E-state index contributed by atoms with van der Waals surface area (Å²) in [6.45, 7) is 3.55. The number of nitrogens with one attached hydrogen (secondary N) is 1. The number of nitrogens with zero attached hydrogens (tertiary/aromatic N) is 2. The normalized spacial score (nSPS) is 15.3. The van der Waals surface area contributed by atoms with Crippen LogP contribution in [0.4, 0.5) is 0 Å². The van der Waals surface area contributed by atoms with Crippen LogP contribution in [0.1, 0.15) is 30.1 Å². The van der Waals surface area contributed by atoms with Crippen LogP contribution in [0.15, 0.2) is 57.2 Å². The minimum atomic E-state index is -3.87. The molecule has 0 radical (unpaired) electrons. The number of carbonyl (C=O) groups is 1. The standard InChI is InChI=1S/C24H33N3O6S3/c1-18-11-14-27(15-12-18)24(28)22-17-21(9-10-23(22)34-4)35(29,30)25-13-16-33-19-5-7-20(8-6-19)36(31,32)26(2)3/h5-10,17-18,25H,11-16H2,1-4H3. The molecule has 0 unspecified atom stereocenters. The molecule has 0 saturated carbocycles. The fraction of sp³-hybridized carbons (Fsp3) is 0.458. The first-order chi connectivity index (χ1) is 17.0. The van der Waals surface area contributed by atoms with Crippen molar-refractivity contribution in [1.29, 1.82) is 0 Å². The molecule has 9 nitrogen and oxygen atoms in total. The van der Waals surface area contributed by atoms with E-state index in [1.165, 1.54) is 62.3 Å². The Bertz CT molecular complexity index is 1270. The van der Waals surface area contributed by atoms with Gasteiger partial charge in [0.15, 0.2) is 0 Å². The third-order valence-corrected chi connectivity index (χ3v) is 10.1. The highest BCUT2D eigenvalue weighted by Gasteiger charge is 2.25. The highest BCUT2D eigenvalue weighted by Crippen LogP contribution is 2.27. The number of piperidine rings is 1. The molecule has 0 aliphatic carbocycles. The zero-order valence-electron chi connectivity index (χ0n) is 20.9. The maximum atomic E-state index is 13.1. The van der Waals surface area contributed by atoms with Crippen molar-refractivity contribution < 1.29 is 26.4 Å². The molecule has 1 amide bonds. The maximum absolute atomic E-state index is 13.1. The SMILES string of the molecule is CSc1ccc(S(=O)(=O)NCCOc2ccc(S(=O)(=O)N(C)C)cc2)cc1C(=O)N1CCC(C)CC1. The Morgan fingerprint density at radius 1 is 1.06 bits per heavy atom. The molecule has 1 aliphatic heterocycles. The number of hydrogen-bond acceptors (Lipinski definition) is 7. The van der Waals surface area contributed by atoms with Crippen molar-refractivity contribution in [3.8, 4) is 5.75 Å². The third-order valence-electron chi connectivity index (χ3n) is 6.05. The van der Waals surface area contributed by atoms with Gasteiger partial charge in [0.05, 0.1) is 15.4 Å². The summed E-state index contributed by atoms with van der Waals surface area (Å²) in [5.74, 6) is 0.850. The van der Waals surface area contributed by atoms with Crippen LogP contribution in [0, 0.1) is 5.92 Å². The molecule has 0 atom stereocenters. The molecule has 0 bridgehead atoms. The van der Waals surface area contributed by atoms with Gasteiger partial charge in [-0.25, -0.2) is 25.9 Å². The summed E-state index contributed by atoms with van der Waals surface area (Å²) < 4.78 is 59.2. The van der Waals surface area contributed by atoms with Gasteiger partial charge in [-0.2, -0.15) is 0 Å². The predicted octanol–water partition coefficient (Wildman–Crippen LogP) is 2.89. The van der Waals surface area contributed by atoms with Gasteiger partial charge in [-0.15, -0.1) is 11.8 Å². The Morgan fingerprint density at radius 3 is 2.25 bits per heavy atom. The van der Waals surface area contributed by atoms with Crippen LogP contribution >= 0.6 is 11.8 Å². The molecule has 0 spiro atoms. The number of carbonyl (C=O) groups excluding carboxylic acids is 1. The third kappa shape index (κ3) is 6.80. The molecule has 1 fully saturated rings. The van der Waals surface area contributed by atoms with E-state index in [-0.39, 0.29) is 28.8 Å². The van der Waals surface area contributed by atoms with E-state index in [1.54, 1.807) is 11.0 Å². The van der Waals surface area contributed by atoms with Gasteiger partial charge in [-0.3, -0.25) is 4.79 Å². The molecule has 2 aromatic carbocycles. The second-order valence-corrected chi connectivity index (χ2v) is 13.6. The summed E-state index contributed by atoms with van der Waals surface area (Å²) in [7, 11) is -4.50.